The molecule has 0 aliphatic carbocycles. The van der Waals surface area contributed by atoms with Crippen molar-refractivity contribution in [3.8, 4) is 6.07 Å². The van der Waals surface area contributed by atoms with Crippen LogP contribution in [0.2, 0.25) is 0 Å². The van der Waals surface area contributed by atoms with E-state index in [2.05, 4.69) is 22.4 Å². The number of nitrogens with one attached hydrogen (secondary N) is 2. The Kier molecular flexibility index (Phi) is 4.78. The number of rotatable bonds is 6. The first-order valence-corrected chi connectivity index (χ1v) is 6.98. The van der Waals surface area contributed by atoms with Crippen LogP contribution in [0.5, 0.6) is 0 Å². The summed E-state index contributed by atoms with van der Waals surface area (Å²) in [7, 11) is 0. The quantitative estimate of drug-likeness (QED) is 0.846. The minimum absolute atomic E-state index is 0.158. The SMILES string of the molecule is CCCC(C#N)C(=O)NCCc1c[nH]c2ccccc12. The van der Waals surface area contributed by atoms with Gasteiger partial charge in [0.05, 0.1) is 6.07 Å². The van der Waals surface area contributed by atoms with Gasteiger partial charge in [-0.05, 0) is 24.5 Å². The lowest BCUT2D eigenvalue weighted by atomic mass is 10.0. The summed E-state index contributed by atoms with van der Waals surface area (Å²) in [6.45, 7) is 2.53. The van der Waals surface area contributed by atoms with Crippen LogP contribution in [0.1, 0.15) is 25.3 Å². The molecule has 4 heteroatoms. The zero-order valence-electron chi connectivity index (χ0n) is 11.6. The van der Waals surface area contributed by atoms with Crippen LogP contribution in [0, 0.1) is 17.2 Å². The smallest absolute Gasteiger partial charge is 0.237 e. The molecule has 2 N–H and O–H groups in total. The number of hydrogen-bond donors (Lipinski definition) is 2. The number of aromatic amines is 1. The van der Waals surface area contributed by atoms with Gasteiger partial charge in [-0.3, -0.25) is 4.79 Å². The van der Waals surface area contributed by atoms with E-state index >= 15 is 0 Å². The second-order valence-corrected chi connectivity index (χ2v) is 4.87. The summed E-state index contributed by atoms with van der Waals surface area (Å²) in [5.74, 6) is -0.683. The Morgan fingerprint density at radius 1 is 1.45 bits per heavy atom. The maximum absolute atomic E-state index is 11.8. The number of H-pyrrole nitrogens is 1. The average Bonchev–Trinajstić information content (AvgIpc) is 2.88. The molecular formula is C16H19N3O. The van der Waals surface area contributed by atoms with Crippen LogP contribution in [0.25, 0.3) is 10.9 Å². The number of amides is 1. The molecule has 0 spiro atoms. The Hall–Kier alpha value is -2.28. The molecular weight excluding hydrogens is 250 g/mol. The predicted octanol–water partition coefficient (Wildman–Crippen LogP) is 2.77. The molecule has 0 radical (unpaired) electrons. The third-order valence-corrected chi connectivity index (χ3v) is 3.42. The molecule has 0 saturated carbocycles. The van der Waals surface area contributed by atoms with Crippen LogP contribution >= 0.6 is 0 Å². The first-order chi connectivity index (χ1) is 9.76. The lowest BCUT2D eigenvalue weighted by Gasteiger charge is -2.08. The van der Waals surface area contributed by atoms with Crippen LogP contribution in [0.3, 0.4) is 0 Å². The van der Waals surface area contributed by atoms with Gasteiger partial charge in [0, 0.05) is 23.6 Å². The van der Waals surface area contributed by atoms with Crippen LogP contribution < -0.4 is 5.32 Å². The van der Waals surface area contributed by atoms with Crippen molar-refractivity contribution in [1.82, 2.24) is 10.3 Å². The maximum Gasteiger partial charge on any atom is 0.237 e. The molecule has 1 aromatic heterocycles. The summed E-state index contributed by atoms with van der Waals surface area (Å²) in [4.78, 5) is 15.0. The van der Waals surface area contributed by atoms with Crippen molar-refractivity contribution < 1.29 is 4.79 Å². The van der Waals surface area contributed by atoms with Crippen molar-refractivity contribution in [1.29, 1.82) is 5.26 Å². The Morgan fingerprint density at radius 3 is 3.00 bits per heavy atom. The summed E-state index contributed by atoms with van der Waals surface area (Å²) >= 11 is 0. The minimum Gasteiger partial charge on any atom is -0.361 e. The van der Waals surface area contributed by atoms with Gasteiger partial charge >= 0.3 is 0 Å². The third kappa shape index (κ3) is 3.18. The molecule has 104 valence electrons. The number of aromatic nitrogens is 1. The van der Waals surface area contributed by atoms with Gasteiger partial charge in [-0.15, -0.1) is 0 Å². The number of nitrogens with zero attached hydrogens (tertiary/aromatic N) is 1. The van der Waals surface area contributed by atoms with E-state index in [0.29, 0.717) is 13.0 Å². The normalized spacial score (nSPS) is 12.0. The number of benzene rings is 1. The molecule has 20 heavy (non-hydrogen) atoms. The predicted molar refractivity (Wildman–Crippen MR) is 79.0 cm³/mol. The number of carbonyl (C=O) groups is 1. The van der Waals surface area contributed by atoms with Gasteiger partial charge in [-0.25, -0.2) is 0 Å². The van der Waals surface area contributed by atoms with Gasteiger partial charge < -0.3 is 10.3 Å². The molecule has 0 fully saturated rings. The van der Waals surface area contributed by atoms with E-state index in [0.717, 1.165) is 18.4 Å². The van der Waals surface area contributed by atoms with Crippen LogP contribution in [-0.4, -0.2) is 17.4 Å². The monoisotopic (exact) mass is 269 g/mol. The van der Waals surface area contributed by atoms with Crippen LogP contribution in [0.15, 0.2) is 30.5 Å². The standard InChI is InChI=1S/C16H19N3O/c1-2-5-12(10-17)16(20)18-9-8-13-11-19-15-7-4-3-6-14(13)15/h3-4,6-7,11-12,19H,2,5,8-9H2,1H3,(H,18,20). The van der Waals surface area contributed by atoms with E-state index in [1.54, 1.807) is 0 Å². The van der Waals surface area contributed by atoms with Gasteiger partial charge in [0.25, 0.3) is 0 Å². The molecule has 4 nitrogen and oxygen atoms in total. The summed E-state index contributed by atoms with van der Waals surface area (Å²) in [6, 6.07) is 10.2. The van der Waals surface area contributed by atoms with Gasteiger partial charge in [0.1, 0.15) is 5.92 Å². The van der Waals surface area contributed by atoms with Gasteiger partial charge in [0.15, 0.2) is 0 Å². The van der Waals surface area contributed by atoms with Gasteiger partial charge in [0.2, 0.25) is 5.91 Å². The highest BCUT2D eigenvalue weighted by Crippen LogP contribution is 2.17. The van der Waals surface area contributed by atoms with E-state index in [9.17, 15) is 4.79 Å². The molecule has 0 aliphatic heterocycles. The second-order valence-electron chi connectivity index (χ2n) is 4.87. The van der Waals surface area contributed by atoms with Gasteiger partial charge in [-0.2, -0.15) is 5.26 Å². The molecule has 0 bridgehead atoms. The maximum atomic E-state index is 11.8. The number of nitriles is 1. The topological polar surface area (TPSA) is 68.7 Å². The van der Waals surface area contributed by atoms with E-state index < -0.39 is 5.92 Å². The van der Waals surface area contributed by atoms with E-state index in [1.807, 2.05) is 31.3 Å². The van der Waals surface area contributed by atoms with Crippen molar-refractivity contribution in [2.75, 3.05) is 6.54 Å². The first-order valence-electron chi connectivity index (χ1n) is 6.98. The summed E-state index contributed by atoms with van der Waals surface area (Å²) in [5, 5.41) is 13.0. The van der Waals surface area contributed by atoms with Crippen LogP contribution in [0.4, 0.5) is 0 Å². The molecule has 1 heterocycles. The Labute approximate surface area is 118 Å². The highest BCUT2D eigenvalue weighted by atomic mass is 16.1. The third-order valence-electron chi connectivity index (χ3n) is 3.42. The number of hydrogen-bond acceptors (Lipinski definition) is 2. The Balaban J connectivity index is 1.90. The van der Waals surface area contributed by atoms with Crippen molar-refractivity contribution >= 4 is 16.8 Å². The minimum atomic E-state index is -0.525. The highest BCUT2D eigenvalue weighted by molar-refractivity contribution is 5.83. The molecule has 2 rings (SSSR count). The second kappa shape index (κ2) is 6.76. The molecule has 1 aromatic carbocycles. The fourth-order valence-corrected chi connectivity index (χ4v) is 2.32. The number of para-hydroxylation sites is 1. The average molecular weight is 269 g/mol. The van der Waals surface area contributed by atoms with Crippen molar-refractivity contribution in [2.45, 2.75) is 26.2 Å². The Morgan fingerprint density at radius 2 is 2.25 bits per heavy atom. The van der Waals surface area contributed by atoms with E-state index in [1.165, 1.54) is 10.9 Å². The van der Waals surface area contributed by atoms with Crippen molar-refractivity contribution in [3.05, 3.63) is 36.0 Å². The largest absolute Gasteiger partial charge is 0.361 e. The molecule has 1 atom stereocenters. The van der Waals surface area contributed by atoms with E-state index in [4.69, 9.17) is 5.26 Å². The van der Waals surface area contributed by atoms with Crippen molar-refractivity contribution in [3.63, 3.8) is 0 Å². The molecule has 1 amide bonds. The fourth-order valence-electron chi connectivity index (χ4n) is 2.32. The summed E-state index contributed by atoms with van der Waals surface area (Å²) in [6.07, 6.45) is 4.20. The first kappa shape index (κ1) is 14.1. The summed E-state index contributed by atoms with van der Waals surface area (Å²) in [5.41, 5.74) is 2.29. The van der Waals surface area contributed by atoms with Crippen molar-refractivity contribution in [2.24, 2.45) is 5.92 Å². The Bertz CT molecular complexity index is 624. The molecule has 2 aromatic rings. The molecule has 0 aliphatic rings. The number of carbonyl (C=O) groups excluding carboxylic acids is 1. The fraction of sp³-hybridized carbons (Fsp3) is 0.375. The van der Waals surface area contributed by atoms with E-state index in [-0.39, 0.29) is 5.91 Å². The molecule has 0 saturated heterocycles. The lowest BCUT2D eigenvalue weighted by Crippen LogP contribution is -2.31. The molecule has 1 unspecified atom stereocenters. The zero-order valence-corrected chi connectivity index (χ0v) is 11.6. The zero-order chi connectivity index (χ0) is 14.4. The number of fused-ring (bicyclic) bond motifs is 1. The summed E-state index contributed by atoms with van der Waals surface area (Å²) < 4.78 is 0. The van der Waals surface area contributed by atoms with Gasteiger partial charge in [-0.1, -0.05) is 31.5 Å². The highest BCUT2D eigenvalue weighted by Gasteiger charge is 2.15. The lowest BCUT2D eigenvalue weighted by molar-refractivity contribution is -0.123. The van der Waals surface area contributed by atoms with Crippen LogP contribution in [-0.2, 0) is 11.2 Å².